The predicted octanol–water partition coefficient (Wildman–Crippen LogP) is 2.81. The highest BCUT2D eigenvalue weighted by molar-refractivity contribution is 7.85. The van der Waals surface area contributed by atoms with E-state index >= 15 is 0 Å². The van der Waals surface area contributed by atoms with E-state index in [2.05, 4.69) is 0 Å². The molecule has 0 aliphatic rings. The molecule has 1 atom stereocenters. The first-order valence-corrected chi connectivity index (χ1v) is 7.64. The van der Waals surface area contributed by atoms with Crippen LogP contribution in [0.5, 0.6) is 5.75 Å². The van der Waals surface area contributed by atoms with Gasteiger partial charge in [0.25, 0.3) is 0 Å². The van der Waals surface area contributed by atoms with Crippen LogP contribution < -0.4 is 4.74 Å². The van der Waals surface area contributed by atoms with Gasteiger partial charge in [0, 0.05) is 22.1 Å². The zero-order chi connectivity index (χ0) is 14.4. The molecule has 0 amide bonds. The third-order valence-corrected chi connectivity index (χ3v) is 3.96. The fourth-order valence-electron chi connectivity index (χ4n) is 1.51. The van der Waals surface area contributed by atoms with Crippen LogP contribution in [0.15, 0.2) is 18.2 Å². The second-order valence-electron chi connectivity index (χ2n) is 4.74. The summed E-state index contributed by atoms with van der Waals surface area (Å²) in [5, 5.41) is 0. The molecule has 0 radical (unpaired) electrons. The van der Waals surface area contributed by atoms with Gasteiger partial charge in [0.15, 0.2) is 17.3 Å². The molecule has 19 heavy (non-hydrogen) atoms. The van der Waals surface area contributed by atoms with Crippen LogP contribution in [0.4, 0.5) is 4.39 Å². The van der Waals surface area contributed by atoms with E-state index < -0.39 is 16.6 Å². The fourth-order valence-corrected chi connectivity index (χ4v) is 2.85. The van der Waals surface area contributed by atoms with Gasteiger partial charge < -0.3 is 4.74 Å². The topological polar surface area (TPSA) is 43.4 Å². The molecule has 0 bridgehead atoms. The highest BCUT2D eigenvalue weighted by atomic mass is 32.2. The number of benzene rings is 1. The molecule has 3 nitrogen and oxygen atoms in total. The Balaban J connectivity index is 2.63. The van der Waals surface area contributed by atoms with Gasteiger partial charge in [-0.05, 0) is 30.5 Å². The summed E-state index contributed by atoms with van der Waals surface area (Å²) in [5.41, 5.74) is 0.233. The van der Waals surface area contributed by atoms with E-state index in [0.29, 0.717) is 11.7 Å². The summed E-state index contributed by atoms with van der Waals surface area (Å²) >= 11 is 0. The highest BCUT2D eigenvalue weighted by Gasteiger charge is 2.13. The minimum Gasteiger partial charge on any atom is -0.494 e. The molecule has 0 aromatic heterocycles. The zero-order valence-corrected chi connectivity index (χ0v) is 12.3. The fraction of sp³-hybridized carbons (Fsp3) is 0.500. The Morgan fingerprint density at radius 3 is 2.63 bits per heavy atom. The SMILES string of the molecule is COc1ccc(C(=O)CS(=O)CCC(C)C)cc1F. The molecule has 1 aromatic carbocycles. The second kappa shape index (κ2) is 7.38. The van der Waals surface area contributed by atoms with Crippen molar-refractivity contribution in [2.75, 3.05) is 18.6 Å². The number of carbonyl (C=O) groups is 1. The number of carbonyl (C=O) groups excluding carboxylic acids is 1. The molecule has 0 saturated carbocycles. The average molecular weight is 286 g/mol. The summed E-state index contributed by atoms with van der Waals surface area (Å²) < 4.78 is 29.9. The van der Waals surface area contributed by atoms with Crippen LogP contribution in [0, 0.1) is 11.7 Å². The Hall–Kier alpha value is -1.23. The van der Waals surface area contributed by atoms with Crippen molar-refractivity contribution < 1.29 is 18.1 Å². The van der Waals surface area contributed by atoms with Gasteiger partial charge in [-0.1, -0.05) is 13.8 Å². The average Bonchev–Trinajstić information content (AvgIpc) is 2.36. The van der Waals surface area contributed by atoms with Crippen molar-refractivity contribution in [2.45, 2.75) is 20.3 Å². The van der Waals surface area contributed by atoms with Crippen molar-refractivity contribution in [2.24, 2.45) is 5.92 Å². The van der Waals surface area contributed by atoms with Gasteiger partial charge in [-0.25, -0.2) is 4.39 Å². The standard InChI is InChI=1S/C14H19FO3S/c1-10(2)6-7-19(17)9-13(16)11-4-5-14(18-3)12(15)8-11/h4-5,8,10H,6-7,9H2,1-3H3. The number of halogens is 1. The van der Waals surface area contributed by atoms with Gasteiger partial charge in [-0.15, -0.1) is 0 Å². The predicted molar refractivity (Wildman–Crippen MR) is 74.6 cm³/mol. The molecule has 106 valence electrons. The molecule has 0 heterocycles. The quantitative estimate of drug-likeness (QED) is 0.724. The van der Waals surface area contributed by atoms with Crippen LogP contribution in [-0.2, 0) is 10.8 Å². The maximum atomic E-state index is 13.4. The summed E-state index contributed by atoms with van der Waals surface area (Å²) in [6.45, 7) is 4.08. The first-order valence-electron chi connectivity index (χ1n) is 6.15. The van der Waals surface area contributed by atoms with E-state index in [1.54, 1.807) is 0 Å². The van der Waals surface area contributed by atoms with Crippen LogP contribution >= 0.6 is 0 Å². The molecule has 0 saturated heterocycles. The van der Waals surface area contributed by atoms with Gasteiger partial charge in [0.1, 0.15) is 0 Å². The Labute approximate surface area is 115 Å². The first-order chi connectivity index (χ1) is 8.93. The van der Waals surface area contributed by atoms with E-state index in [-0.39, 0.29) is 22.8 Å². The Bertz CT molecular complexity index is 472. The number of rotatable bonds is 7. The summed E-state index contributed by atoms with van der Waals surface area (Å²) in [6.07, 6.45) is 0.816. The first kappa shape index (κ1) is 15.8. The minimum atomic E-state index is -1.19. The van der Waals surface area contributed by atoms with Crippen molar-refractivity contribution in [1.29, 1.82) is 0 Å². The molecular formula is C14H19FO3S. The Morgan fingerprint density at radius 2 is 2.11 bits per heavy atom. The largest absolute Gasteiger partial charge is 0.494 e. The van der Waals surface area contributed by atoms with Crippen molar-refractivity contribution in [1.82, 2.24) is 0 Å². The van der Waals surface area contributed by atoms with Crippen molar-refractivity contribution >= 4 is 16.6 Å². The lowest BCUT2D eigenvalue weighted by molar-refractivity contribution is 0.102. The molecule has 5 heteroatoms. The number of hydrogen-bond acceptors (Lipinski definition) is 3. The number of Topliss-reactive ketones (excluding diaryl/α,β-unsaturated/α-hetero) is 1. The lowest BCUT2D eigenvalue weighted by Crippen LogP contribution is -2.14. The van der Waals surface area contributed by atoms with Crippen LogP contribution in [0.1, 0.15) is 30.6 Å². The third-order valence-electron chi connectivity index (χ3n) is 2.69. The van der Waals surface area contributed by atoms with Gasteiger partial charge in [0.05, 0.1) is 12.9 Å². The molecule has 0 aliphatic carbocycles. The van der Waals surface area contributed by atoms with E-state index in [4.69, 9.17) is 4.74 Å². The highest BCUT2D eigenvalue weighted by Crippen LogP contribution is 2.18. The molecule has 1 unspecified atom stereocenters. The normalized spacial score (nSPS) is 12.5. The summed E-state index contributed by atoms with van der Waals surface area (Å²) in [4.78, 5) is 11.9. The van der Waals surface area contributed by atoms with Crippen molar-refractivity contribution in [3.63, 3.8) is 0 Å². The number of ether oxygens (including phenoxy) is 1. The number of ketones is 1. The van der Waals surface area contributed by atoms with Crippen LogP contribution in [-0.4, -0.2) is 28.6 Å². The van der Waals surface area contributed by atoms with Crippen molar-refractivity contribution in [3.05, 3.63) is 29.6 Å². The molecule has 1 aromatic rings. The van der Waals surface area contributed by atoms with Gasteiger partial charge in [-0.2, -0.15) is 0 Å². The monoisotopic (exact) mass is 286 g/mol. The van der Waals surface area contributed by atoms with E-state index in [1.165, 1.54) is 19.2 Å². The van der Waals surface area contributed by atoms with E-state index in [9.17, 15) is 13.4 Å². The molecule has 0 aliphatic heterocycles. The maximum absolute atomic E-state index is 13.4. The number of methoxy groups -OCH3 is 1. The van der Waals surface area contributed by atoms with Crippen LogP contribution in [0.3, 0.4) is 0 Å². The Morgan fingerprint density at radius 1 is 1.42 bits per heavy atom. The Kier molecular flexibility index (Phi) is 6.15. The van der Waals surface area contributed by atoms with E-state index in [0.717, 1.165) is 12.5 Å². The molecule has 0 N–H and O–H groups in total. The van der Waals surface area contributed by atoms with Gasteiger partial charge in [-0.3, -0.25) is 9.00 Å². The third kappa shape index (κ3) is 5.11. The van der Waals surface area contributed by atoms with Crippen LogP contribution in [0.25, 0.3) is 0 Å². The maximum Gasteiger partial charge on any atom is 0.175 e. The summed E-state index contributed by atoms with van der Waals surface area (Å²) in [5.74, 6) is 0.112. The lowest BCUT2D eigenvalue weighted by Gasteiger charge is -2.06. The van der Waals surface area contributed by atoms with E-state index in [1.807, 2.05) is 13.8 Å². The molecule has 1 rings (SSSR count). The summed E-state index contributed by atoms with van der Waals surface area (Å²) in [6, 6.07) is 4.02. The second-order valence-corrected chi connectivity index (χ2v) is 6.32. The molecular weight excluding hydrogens is 267 g/mol. The van der Waals surface area contributed by atoms with Gasteiger partial charge >= 0.3 is 0 Å². The van der Waals surface area contributed by atoms with Crippen LogP contribution in [0.2, 0.25) is 0 Å². The van der Waals surface area contributed by atoms with Crippen molar-refractivity contribution in [3.8, 4) is 5.75 Å². The molecule has 0 spiro atoms. The van der Waals surface area contributed by atoms with Gasteiger partial charge in [0.2, 0.25) is 0 Å². The minimum absolute atomic E-state index is 0.0571. The zero-order valence-electron chi connectivity index (χ0n) is 11.4. The lowest BCUT2D eigenvalue weighted by atomic mass is 10.1. The smallest absolute Gasteiger partial charge is 0.175 e. The summed E-state index contributed by atoms with van der Waals surface area (Å²) in [7, 11) is 0.174. The number of hydrogen-bond donors (Lipinski definition) is 0. The molecule has 0 fully saturated rings.